The molecule has 10 rings (SSSR count). The van der Waals surface area contributed by atoms with Gasteiger partial charge in [-0.15, -0.1) is 0 Å². The van der Waals surface area contributed by atoms with E-state index < -0.39 is 41.4 Å². The van der Waals surface area contributed by atoms with Crippen molar-refractivity contribution >= 4 is 51.8 Å². The second-order valence-corrected chi connectivity index (χ2v) is 20.4. The number of carbonyl (C=O) groups excluding carboxylic acids is 5. The maximum absolute atomic E-state index is 15.9. The molecule has 3 N–H and O–H groups in total. The standard InChI is InChI=1S/C53H57FN10O6/c1-29-21-35(7-8-36(29)25-55-48(67)49-57-52(60-70-49)53(4,5)6)46-40-22-34(11-14-42(40)58-59-46)33-9-12-37(13-10-33)62-19-17-32(18-20-62)28-61-26-30(2)63(31(3)27-61)44-24-39-38(23-41(44)54)50(68)64(51(39)69)43-15-16-45(65)56-47(43)66/h7-14,21-24,30-32,43H,15-20,25-28H2,1-6H3,(H,55,67)(H,58,59)(H,56,65,66). The second kappa shape index (κ2) is 18.2. The van der Waals surface area contributed by atoms with Gasteiger partial charge in [0.2, 0.25) is 11.8 Å². The molecule has 0 spiro atoms. The average molecular weight is 949 g/mol. The molecule has 5 amide bonds. The van der Waals surface area contributed by atoms with E-state index >= 15 is 4.39 Å². The van der Waals surface area contributed by atoms with Crippen LogP contribution >= 0.6 is 0 Å². The molecule has 4 aliphatic heterocycles. The number of nitrogens with zero attached hydrogens (tertiary/aromatic N) is 7. The molecule has 17 heteroatoms. The molecule has 0 saturated carbocycles. The largest absolute Gasteiger partial charge is 0.372 e. The lowest BCUT2D eigenvalue weighted by Crippen LogP contribution is -2.58. The highest BCUT2D eigenvalue weighted by Crippen LogP contribution is 2.37. The van der Waals surface area contributed by atoms with Gasteiger partial charge in [0.1, 0.15) is 11.9 Å². The van der Waals surface area contributed by atoms with Gasteiger partial charge in [0, 0.05) is 79.8 Å². The molecule has 6 heterocycles. The summed E-state index contributed by atoms with van der Waals surface area (Å²) < 4.78 is 21.1. The Morgan fingerprint density at radius 2 is 1.54 bits per heavy atom. The first-order valence-corrected chi connectivity index (χ1v) is 24.1. The summed E-state index contributed by atoms with van der Waals surface area (Å²) in [7, 11) is 0. The van der Waals surface area contributed by atoms with Crippen LogP contribution in [0.3, 0.4) is 0 Å². The maximum atomic E-state index is 15.9. The molecule has 3 saturated heterocycles. The van der Waals surface area contributed by atoms with E-state index in [0.29, 0.717) is 18.3 Å². The number of piperidine rings is 2. The first-order valence-electron chi connectivity index (χ1n) is 24.1. The zero-order valence-corrected chi connectivity index (χ0v) is 40.3. The van der Waals surface area contributed by atoms with Gasteiger partial charge in [0.05, 0.1) is 28.0 Å². The fourth-order valence-corrected chi connectivity index (χ4v) is 10.7. The Labute approximate surface area is 405 Å². The summed E-state index contributed by atoms with van der Waals surface area (Å²) in [6.07, 6.45) is 2.16. The van der Waals surface area contributed by atoms with E-state index in [9.17, 15) is 24.0 Å². The molecule has 3 atom stereocenters. The number of anilines is 2. The summed E-state index contributed by atoms with van der Waals surface area (Å²) in [6.45, 7) is 16.6. The van der Waals surface area contributed by atoms with Crippen LogP contribution in [-0.2, 0) is 21.5 Å². The number of H-pyrrole nitrogens is 1. The summed E-state index contributed by atoms with van der Waals surface area (Å²) >= 11 is 0. The highest BCUT2D eigenvalue weighted by molar-refractivity contribution is 6.23. The van der Waals surface area contributed by atoms with Crippen LogP contribution in [0.25, 0.3) is 33.3 Å². The number of halogens is 1. The van der Waals surface area contributed by atoms with E-state index in [-0.39, 0.29) is 53.0 Å². The van der Waals surface area contributed by atoms with Crippen LogP contribution in [0.4, 0.5) is 15.8 Å². The topological polar surface area (TPSA) is 190 Å². The van der Waals surface area contributed by atoms with Crippen molar-refractivity contribution in [3.63, 3.8) is 0 Å². The Morgan fingerprint density at radius 3 is 2.21 bits per heavy atom. The average Bonchev–Trinajstić information content (AvgIpc) is 4.06. The highest BCUT2D eigenvalue weighted by Gasteiger charge is 2.46. The monoisotopic (exact) mass is 948 g/mol. The number of nitrogens with one attached hydrogen (secondary N) is 3. The molecule has 70 heavy (non-hydrogen) atoms. The van der Waals surface area contributed by atoms with Crippen molar-refractivity contribution in [2.45, 2.75) is 97.3 Å². The minimum atomic E-state index is -1.11. The fraction of sp³-hybridized carbons (Fsp3) is 0.396. The number of imide groups is 2. The molecule has 16 nitrogen and oxygen atoms in total. The summed E-state index contributed by atoms with van der Waals surface area (Å²) in [6, 6.07) is 22.6. The van der Waals surface area contributed by atoms with E-state index in [2.05, 4.69) is 98.1 Å². The Hall–Kier alpha value is -7.27. The number of aryl methyl sites for hydroxylation is 1. The predicted octanol–water partition coefficient (Wildman–Crippen LogP) is 7.17. The smallest absolute Gasteiger partial charge is 0.315 e. The van der Waals surface area contributed by atoms with E-state index in [4.69, 9.17) is 9.62 Å². The minimum absolute atomic E-state index is 0.0148. The predicted molar refractivity (Wildman–Crippen MR) is 262 cm³/mol. The lowest BCUT2D eigenvalue weighted by molar-refractivity contribution is -0.136. The first-order chi connectivity index (χ1) is 33.5. The Morgan fingerprint density at radius 1 is 0.857 bits per heavy atom. The lowest BCUT2D eigenvalue weighted by Gasteiger charge is -2.47. The number of piperazine rings is 1. The quantitative estimate of drug-likeness (QED) is 0.118. The van der Waals surface area contributed by atoms with Crippen molar-refractivity contribution in [2.24, 2.45) is 5.92 Å². The zero-order valence-electron chi connectivity index (χ0n) is 40.3. The van der Waals surface area contributed by atoms with Gasteiger partial charge >= 0.3 is 11.8 Å². The van der Waals surface area contributed by atoms with Gasteiger partial charge in [-0.3, -0.25) is 44.2 Å². The van der Waals surface area contributed by atoms with Crippen LogP contribution in [0.2, 0.25) is 0 Å². The van der Waals surface area contributed by atoms with Gasteiger partial charge in [-0.1, -0.05) is 56.3 Å². The van der Waals surface area contributed by atoms with Gasteiger partial charge in [0.25, 0.3) is 11.8 Å². The molecule has 0 bridgehead atoms. The number of hydrogen-bond donors (Lipinski definition) is 3. The fourth-order valence-electron chi connectivity index (χ4n) is 10.7. The Kier molecular flexibility index (Phi) is 12.1. The summed E-state index contributed by atoms with van der Waals surface area (Å²) in [5, 5.41) is 18.0. The molecule has 3 fully saturated rings. The molecule has 4 aliphatic rings. The molecule has 0 aliphatic carbocycles. The molecular formula is C53H57FN10O6. The van der Waals surface area contributed by atoms with E-state index in [1.807, 2.05) is 44.7 Å². The van der Waals surface area contributed by atoms with Gasteiger partial charge in [-0.25, -0.2) is 4.39 Å². The van der Waals surface area contributed by atoms with Gasteiger partial charge in [0.15, 0.2) is 5.82 Å². The van der Waals surface area contributed by atoms with Gasteiger partial charge < -0.3 is 19.6 Å². The number of aromatic nitrogens is 4. The van der Waals surface area contributed by atoms with Crippen LogP contribution < -0.4 is 20.4 Å². The third-order valence-corrected chi connectivity index (χ3v) is 14.4. The molecule has 362 valence electrons. The highest BCUT2D eigenvalue weighted by atomic mass is 19.1. The Balaban J connectivity index is 0.732. The van der Waals surface area contributed by atoms with E-state index in [0.717, 1.165) is 101 Å². The lowest BCUT2D eigenvalue weighted by atomic mass is 9.94. The number of benzene rings is 4. The Bertz CT molecular complexity index is 3050. The van der Waals surface area contributed by atoms with Gasteiger partial charge in [-0.2, -0.15) is 10.1 Å². The van der Waals surface area contributed by atoms with Crippen molar-refractivity contribution in [1.29, 1.82) is 0 Å². The van der Waals surface area contributed by atoms with Crippen LogP contribution in [0, 0.1) is 18.7 Å². The normalized spacial score (nSPS) is 20.4. The third kappa shape index (κ3) is 8.82. The summed E-state index contributed by atoms with van der Waals surface area (Å²) in [4.78, 5) is 75.9. The van der Waals surface area contributed by atoms with Crippen molar-refractivity contribution in [1.82, 2.24) is 40.8 Å². The van der Waals surface area contributed by atoms with Gasteiger partial charge in [-0.05, 0) is 111 Å². The third-order valence-electron chi connectivity index (χ3n) is 14.4. The summed E-state index contributed by atoms with van der Waals surface area (Å²) in [5.41, 5.74) is 8.11. The molecular weight excluding hydrogens is 892 g/mol. The van der Waals surface area contributed by atoms with Crippen LogP contribution in [0.5, 0.6) is 0 Å². The molecule has 0 radical (unpaired) electrons. The van der Waals surface area contributed by atoms with Crippen molar-refractivity contribution in [3.8, 4) is 22.4 Å². The van der Waals surface area contributed by atoms with Crippen molar-refractivity contribution < 1.29 is 32.9 Å². The number of rotatable bonds is 10. The molecule has 2 aromatic heterocycles. The van der Waals surface area contributed by atoms with Crippen LogP contribution in [0.15, 0.2) is 77.3 Å². The van der Waals surface area contributed by atoms with Crippen molar-refractivity contribution in [3.05, 3.63) is 113 Å². The van der Waals surface area contributed by atoms with E-state index in [1.54, 1.807) is 0 Å². The first kappa shape index (κ1) is 46.5. The van der Waals surface area contributed by atoms with Crippen LogP contribution in [0.1, 0.15) is 109 Å². The zero-order chi connectivity index (χ0) is 49.2. The maximum Gasteiger partial charge on any atom is 0.315 e. The number of hydrogen-bond acceptors (Lipinski definition) is 12. The minimum Gasteiger partial charge on any atom is -0.372 e. The van der Waals surface area contributed by atoms with Crippen LogP contribution in [-0.4, -0.2) is 111 Å². The molecule has 6 aromatic rings. The summed E-state index contributed by atoms with van der Waals surface area (Å²) in [5.74, 6) is -2.57. The molecule has 4 aromatic carbocycles. The number of aromatic amines is 1. The molecule has 3 unspecified atom stereocenters. The SMILES string of the molecule is Cc1cc(-c2n[nH]c3ccc(-c4ccc(N5CCC(CN6CC(C)N(c7cc8c(cc7F)C(=O)N(C7CCC(=O)NC7=O)C8=O)C(C)C6)CC5)cc4)cc23)ccc1CNC(=O)c1nc(C(C)(C)C)no1. The number of fused-ring (bicyclic) bond motifs is 2. The number of amides is 5. The number of carbonyl (C=O) groups is 5. The second-order valence-electron chi connectivity index (χ2n) is 20.4. The van der Waals surface area contributed by atoms with Crippen molar-refractivity contribution in [2.75, 3.05) is 42.5 Å². The van der Waals surface area contributed by atoms with E-state index in [1.165, 1.54) is 11.8 Å².